The van der Waals surface area contributed by atoms with E-state index >= 15 is 0 Å². The Hall–Kier alpha value is -1.06. The monoisotopic (exact) mass is 265 g/mol. The van der Waals surface area contributed by atoms with Crippen LogP contribution in [0.1, 0.15) is 36.5 Å². The van der Waals surface area contributed by atoms with Crippen molar-refractivity contribution >= 4 is 0 Å². The molecule has 19 heavy (non-hydrogen) atoms. The maximum Gasteiger partial charge on any atom is 0.122 e. The maximum atomic E-state index is 5.48. The molecule has 0 unspecified atom stereocenters. The van der Waals surface area contributed by atoms with Crippen LogP contribution in [0.2, 0.25) is 0 Å². The van der Waals surface area contributed by atoms with Crippen molar-refractivity contribution in [2.45, 2.75) is 33.1 Å². The minimum atomic E-state index is 0.478. The Morgan fingerprint density at radius 3 is 2.42 bits per heavy atom. The molecule has 0 atom stereocenters. The lowest BCUT2D eigenvalue weighted by Crippen LogP contribution is -2.23. The van der Waals surface area contributed by atoms with Crippen LogP contribution in [0.3, 0.4) is 0 Å². The highest BCUT2D eigenvalue weighted by Crippen LogP contribution is 2.29. The van der Waals surface area contributed by atoms with E-state index in [4.69, 9.17) is 9.47 Å². The van der Waals surface area contributed by atoms with Crippen LogP contribution < -0.4 is 4.74 Å². The minimum absolute atomic E-state index is 0.478. The van der Waals surface area contributed by atoms with Crippen LogP contribution in [-0.2, 0) is 11.2 Å². The fourth-order valence-electron chi connectivity index (χ4n) is 2.24. The largest absolute Gasteiger partial charge is 0.496 e. The van der Waals surface area contributed by atoms with E-state index < -0.39 is 0 Å². The number of hydrogen-bond donors (Lipinski definition) is 0. The van der Waals surface area contributed by atoms with Gasteiger partial charge in [-0.25, -0.2) is 0 Å². The van der Waals surface area contributed by atoms with Gasteiger partial charge in [-0.3, -0.25) is 4.90 Å². The number of rotatable bonds is 7. The number of aryl methyl sites for hydroxylation is 1. The molecule has 1 aromatic rings. The standard InChI is InChI=1S/C16H27NO2/c1-12(2)15-10-14(7-8-17(4)11-18-5)13(3)9-16(15)19-6/h9-10,12H,7-8,11H2,1-6H3. The predicted octanol–water partition coefficient (Wildman–Crippen LogP) is 3.21. The molecule has 0 heterocycles. The minimum Gasteiger partial charge on any atom is -0.496 e. The van der Waals surface area contributed by atoms with E-state index in [1.54, 1.807) is 14.2 Å². The van der Waals surface area contributed by atoms with Crippen molar-refractivity contribution < 1.29 is 9.47 Å². The van der Waals surface area contributed by atoms with Gasteiger partial charge in [0.1, 0.15) is 5.75 Å². The SMILES string of the molecule is COCN(C)CCc1cc(C(C)C)c(OC)cc1C. The van der Waals surface area contributed by atoms with Crippen LogP contribution in [0.25, 0.3) is 0 Å². The molecular formula is C16H27NO2. The summed E-state index contributed by atoms with van der Waals surface area (Å²) in [6, 6.07) is 4.44. The van der Waals surface area contributed by atoms with Gasteiger partial charge in [-0.15, -0.1) is 0 Å². The zero-order chi connectivity index (χ0) is 14.4. The zero-order valence-electron chi connectivity index (χ0n) is 13.1. The molecule has 0 saturated carbocycles. The molecule has 1 aromatic carbocycles. The lowest BCUT2D eigenvalue weighted by Gasteiger charge is -2.19. The highest BCUT2D eigenvalue weighted by molar-refractivity contribution is 5.44. The summed E-state index contributed by atoms with van der Waals surface area (Å²) in [7, 11) is 5.55. The van der Waals surface area contributed by atoms with E-state index in [0.29, 0.717) is 12.6 Å². The van der Waals surface area contributed by atoms with Crippen molar-refractivity contribution in [1.29, 1.82) is 0 Å². The van der Waals surface area contributed by atoms with E-state index in [1.807, 2.05) is 0 Å². The molecule has 0 fully saturated rings. The molecule has 3 nitrogen and oxygen atoms in total. The van der Waals surface area contributed by atoms with Gasteiger partial charge in [0.25, 0.3) is 0 Å². The molecule has 0 saturated heterocycles. The van der Waals surface area contributed by atoms with Crippen LogP contribution in [-0.4, -0.2) is 39.4 Å². The van der Waals surface area contributed by atoms with Crippen LogP contribution >= 0.6 is 0 Å². The quantitative estimate of drug-likeness (QED) is 0.707. The Morgan fingerprint density at radius 2 is 1.89 bits per heavy atom. The number of ether oxygens (including phenoxy) is 2. The summed E-state index contributed by atoms with van der Waals surface area (Å²) in [5, 5.41) is 0. The van der Waals surface area contributed by atoms with E-state index in [0.717, 1.165) is 18.7 Å². The average molecular weight is 265 g/mol. The van der Waals surface area contributed by atoms with Crippen molar-refractivity contribution in [3.8, 4) is 5.75 Å². The molecule has 3 heteroatoms. The fourth-order valence-corrected chi connectivity index (χ4v) is 2.24. The molecule has 0 aromatic heterocycles. The first-order chi connectivity index (χ1) is 8.99. The second-order valence-electron chi connectivity index (χ2n) is 5.42. The van der Waals surface area contributed by atoms with Crippen molar-refractivity contribution in [3.05, 3.63) is 28.8 Å². The lowest BCUT2D eigenvalue weighted by atomic mass is 9.95. The fraction of sp³-hybridized carbons (Fsp3) is 0.625. The van der Waals surface area contributed by atoms with Crippen LogP contribution in [0.5, 0.6) is 5.75 Å². The summed E-state index contributed by atoms with van der Waals surface area (Å²) in [6.07, 6.45) is 1.04. The topological polar surface area (TPSA) is 21.7 Å². The van der Waals surface area contributed by atoms with Gasteiger partial charge in [-0.05, 0) is 49.1 Å². The third kappa shape index (κ3) is 4.51. The molecule has 0 radical (unpaired) electrons. The third-order valence-corrected chi connectivity index (χ3v) is 3.42. The number of hydrogen-bond acceptors (Lipinski definition) is 3. The summed E-state index contributed by atoms with van der Waals surface area (Å²) in [4.78, 5) is 2.18. The van der Waals surface area contributed by atoms with Gasteiger partial charge in [-0.2, -0.15) is 0 Å². The smallest absolute Gasteiger partial charge is 0.122 e. The molecular weight excluding hydrogens is 238 g/mol. The highest BCUT2D eigenvalue weighted by Gasteiger charge is 2.11. The summed E-state index contributed by atoms with van der Waals surface area (Å²) < 4.78 is 10.6. The second-order valence-corrected chi connectivity index (χ2v) is 5.42. The van der Waals surface area contributed by atoms with E-state index in [9.17, 15) is 0 Å². The Bertz CT molecular complexity index is 402. The van der Waals surface area contributed by atoms with Crippen molar-refractivity contribution in [2.75, 3.05) is 34.5 Å². The summed E-state index contributed by atoms with van der Waals surface area (Å²) in [6.45, 7) is 8.23. The van der Waals surface area contributed by atoms with Crippen LogP contribution in [0.4, 0.5) is 0 Å². The first-order valence-corrected chi connectivity index (χ1v) is 6.84. The van der Waals surface area contributed by atoms with E-state index in [-0.39, 0.29) is 0 Å². The molecule has 0 aliphatic carbocycles. The van der Waals surface area contributed by atoms with Gasteiger partial charge in [0.2, 0.25) is 0 Å². The summed E-state index contributed by atoms with van der Waals surface area (Å²) in [5.74, 6) is 1.48. The summed E-state index contributed by atoms with van der Waals surface area (Å²) in [5.41, 5.74) is 3.98. The predicted molar refractivity (Wildman–Crippen MR) is 80.0 cm³/mol. The maximum absolute atomic E-state index is 5.48. The zero-order valence-corrected chi connectivity index (χ0v) is 13.1. The lowest BCUT2D eigenvalue weighted by molar-refractivity contribution is 0.0827. The summed E-state index contributed by atoms with van der Waals surface area (Å²) >= 11 is 0. The van der Waals surface area contributed by atoms with Gasteiger partial charge in [-0.1, -0.05) is 19.9 Å². The first-order valence-electron chi connectivity index (χ1n) is 6.84. The molecule has 1 rings (SSSR count). The Balaban J connectivity index is 2.86. The second kappa shape index (κ2) is 7.51. The van der Waals surface area contributed by atoms with Gasteiger partial charge in [0.05, 0.1) is 13.8 Å². The van der Waals surface area contributed by atoms with Crippen LogP contribution in [0.15, 0.2) is 12.1 Å². The van der Waals surface area contributed by atoms with Crippen LogP contribution in [0, 0.1) is 6.92 Å². The number of likely N-dealkylation sites (N-methyl/N-ethyl adjacent to an activating group) is 1. The average Bonchev–Trinajstić information content (AvgIpc) is 2.36. The molecule has 0 amide bonds. The molecule has 108 valence electrons. The molecule has 0 spiro atoms. The van der Waals surface area contributed by atoms with Crippen molar-refractivity contribution in [1.82, 2.24) is 4.90 Å². The van der Waals surface area contributed by atoms with Gasteiger partial charge >= 0.3 is 0 Å². The Kier molecular flexibility index (Phi) is 6.32. The normalized spacial score (nSPS) is 11.4. The van der Waals surface area contributed by atoms with Gasteiger partial charge in [0.15, 0.2) is 0 Å². The molecule has 0 aliphatic heterocycles. The first kappa shape index (κ1) is 16.0. The third-order valence-electron chi connectivity index (χ3n) is 3.42. The number of methoxy groups -OCH3 is 2. The van der Waals surface area contributed by atoms with Crippen molar-refractivity contribution in [2.24, 2.45) is 0 Å². The Labute approximate surface area is 117 Å². The van der Waals surface area contributed by atoms with Gasteiger partial charge in [0, 0.05) is 13.7 Å². The number of benzene rings is 1. The molecule has 0 bridgehead atoms. The number of nitrogens with zero attached hydrogens (tertiary/aromatic N) is 1. The highest BCUT2D eigenvalue weighted by atomic mass is 16.5. The van der Waals surface area contributed by atoms with Gasteiger partial charge < -0.3 is 9.47 Å². The van der Waals surface area contributed by atoms with E-state index in [1.165, 1.54) is 16.7 Å². The molecule has 0 aliphatic rings. The molecule has 0 N–H and O–H groups in total. The van der Waals surface area contributed by atoms with Crippen molar-refractivity contribution in [3.63, 3.8) is 0 Å². The van der Waals surface area contributed by atoms with E-state index in [2.05, 4.69) is 44.9 Å². The Morgan fingerprint density at radius 1 is 1.21 bits per heavy atom.